The zero-order valence-electron chi connectivity index (χ0n) is 11.3. The lowest BCUT2D eigenvalue weighted by Crippen LogP contribution is -2.38. The maximum Gasteiger partial charge on any atom is 0.225 e. The Bertz CT molecular complexity index is 540. The first-order chi connectivity index (χ1) is 9.20. The van der Waals surface area contributed by atoms with Gasteiger partial charge in [-0.15, -0.1) is 0 Å². The molecule has 4 rings (SSSR count). The molecule has 1 spiro atoms. The monoisotopic (exact) mass is 257 g/mol. The molecule has 1 atom stereocenters. The molecule has 0 bridgehead atoms. The van der Waals surface area contributed by atoms with Crippen molar-refractivity contribution in [1.82, 2.24) is 9.88 Å². The number of likely N-dealkylation sites (tertiary alicyclic amines) is 1. The predicted molar refractivity (Wildman–Crippen MR) is 73.1 cm³/mol. The molecule has 1 saturated carbocycles. The van der Waals surface area contributed by atoms with Crippen molar-refractivity contribution in [3.05, 3.63) is 24.0 Å². The Morgan fingerprint density at radius 3 is 3.05 bits per heavy atom. The number of rotatable bonds is 1. The number of amides is 1. The second kappa shape index (κ2) is 3.71. The number of anilines is 1. The highest BCUT2D eigenvalue weighted by Gasteiger charge is 2.50. The van der Waals surface area contributed by atoms with Crippen molar-refractivity contribution >= 4 is 11.6 Å². The molecule has 0 aromatic carbocycles. The van der Waals surface area contributed by atoms with E-state index in [1.165, 1.54) is 11.4 Å². The molecular formula is C15H19N3O. The zero-order valence-corrected chi connectivity index (χ0v) is 11.3. The number of hydrogen-bond donors (Lipinski definition) is 0. The van der Waals surface area contributed by atoms with E-state index in [2.05, 4.69) is 27.9 Å². The summed E-state index contributed by atoms with van der Waals surface area (Å²) in [5.74, 6) is 0.710. The highest BCUT2D eigenvalue weighted by molar-refractivity contribution is 5.81. The SMILES string of the molecule is CN1CC2(CCN(C(=O)C3CC3)C2)c2ncccc21. The van der Waals surface area contributed by atoms with Gasteiger partial charge in [-0.2, -0.15) is 0 Å². The van der Waals surface area contributed by atoms with Gasteiger partial charge in [0.05, 0.1) is 16.8 Å². The van der Waals surface area contributed by atoms with Crippen LogP contribution in [0.4, 0.5) is 5.69 Å². The van der Waals surface area contributed by atoms with Crippen molar-refractivity contribution in [3.63, 3.8) is 0 Å². The van der Waals surface area contributed by atoms with Gasteiger partial charge in [-0.25, -0.2) is 0 Å². The zero-order chi connectivity index (χ0) is 13.0. The van der Waals surface area contributed by atoms with Crippen LogP contribution in [0.5, 0.6) is 0 Å². The van der Waals surface area contributed by atoms with Crippen molar-refractivity contribution < 1.29 is 4.79 Å². The van der Waals surface area contributed by atoms with Crippen molar-refractivity contribution in [1.29, 1.82) is 0 Å². The molecular weight excluding hydrogens is 238 g/mol. The standard InChI is InChI=1S/C15H19N3O/c1-17-9-15(13-12(17)3-2-7-16-13)6-8-18(10-15)14(19)11-4-5-11/h2-3,7,11H,4-6,8-10H2,1H3. The molecule has 3 heterocycles. The first kappa shape index (κ1) is 11.3. The summed E-state index contributed by atoms with van der Waals surface area (Å²) in [6.07, 6.45) is 5.12. The number of aromatic nitrogens is 1. The van der Waals surface area contributed by atoms with E-state index in [0.717, 1.165) is 38.9 Å². The lowest BCUT2D eigenvalue weighted by atomic mass is 9.85. The number of fused-ring (bicyclic) bond motifs is 2. The topological polar surface area (TPSA) is 36.4 Å². The molecule has 1 aliphatic carbocycles. The molecule has 2 aliphatic heterocycles. The smallest absolute Gasteiger partial charge is 0.225 e. The van der Waals surface area contributed by atoms with Gasteiger partial charge in [0.1, 0.15) is 0 Å². The van der Waals surface area contributed by atoms with Gasteiger partial charge in [-0.05, 0) is 31.4 Å². The molecule has 1 unspecified atom stereocenters. The van der Waals surface area contributed by atoms with Gasteiger partial charge >= 0.3 is 0 Å². The van der Waals surface area contributed by atoms with Gasteiger partial charge < -0.3 is 9.80 Å². The molecule has 19 heavy (non-hydrogen) atoms. The van der Waals surface area contributed by atoms with E-state index in [1.54, 1.807) is 0 Å². The summed E-state index contributed by atoms with van der Waals surface area (Å²) in [4.78, 5) is 21.2. The average molecular weight is 257 g/mol. The first-order valence-electron chi connectivity index (χ1n) is 7.15. The van der Waals surface area contributed by atoms with Crippen LogP contribution in [0.3, 0.4) is 0 Å². The molecule has 3 aliphatic rings. The minimum Gasteiger partial charge on any atom is -0.372 e. The van der Waals surface area contributed by atoms with E-state index >= 15 is 0 Å². The van der Waals surface area contributed by atoms with Gasteiger partial charge in [0.25, 0.3) is 0 Å². The largest absolute Gasteiger partial charge is 0.372 e. The molecule has 2 fully saturated rings. The van der Waals surface area contributed by atoms with Gasteiger partial charge in [0.15, 0.2) is 0 Å². The first-order valence-corrected chi connectivity index (χ1v) is 7.15. The Hall–Kier alpha value is -1.58. The summed E-state index contributed by atoms with van der Waals surface area (Å²) in [5.41, 5.74) is 2.52. The fourth-order valence-electron chi connectivity index (χ4n) is 3.70. The van der Waals surface area contributed by atoms with Crippen LogP contribution in [0.2, 0.25) is 0 Å². The summed E-state index contributed by atoms with van der Waals surface area (Å²) in [5, 5.41) is 0. The van der Waals surface area contributed by atoms with Crippen LogP contribution >= 0.6 is 0 Å². The maximum absolute atomic E-state index is 12.2. The van der Waals surface area contributed by atoms with Gasteiger partial charge in [-0.1, -0.05) is 0 Å². The second-order valence-corrected chi connectivity index (χ2v) is 6.29. The van der Waals surface area contributed by atoms with Crippen LogP contribution in [-0.2, 0) is 10.2 Å². The Morgan fingerprint density at radius 2 is 2.26 bits per heavy atom. The molecule has 1 saturated heterocycles. The maximum atomic E-state index is 12.2. The molecule has 0 radical (unpaired) electrons. The lowest BCUT2D eigenvalue weighted by Gasteiger charge is -2.24. The van der Waals surface area contributed by atoms with Crippen LogP contribution in [0.1, 0.15) is 25.0 Å². The minimum absolute atomic E-state index is 0.0793. The Morgan fingerprint density at radius 1 is 1.42 bits per heavy atom. The van der Waals surface area contributed by atoms with E-state index < -0.39 is 0 Å². The highest BCUT2D eigenvalue weighted by Crippen LogP contribution is 2.45. The van der Waals surface area contributed by atoms with Gasteiger partial charge in [0, 0.05) is 38.8 Å². The number of hydrogen-bond acceptors (Lipinski definition) is 3. The number of carbonyl (C=O) groups is 1. The number of nitrogens with zero attached hydrogens (tertiary/aromatic N) is 3. The minimum atomic E-state index is 0.0793. The van der Waals surface area contributed by atoms with E-state index in [4.69, 9.17) is 0 Å². The van der Waals surface area contributed by atoms with E-state index in [1.807, 2.05) is 12.3 Å². The van der Waals surface area contributed by atoms with Crippen molar-refractivity contribution in [2.75, 3.05) is 31.6 Å². The van der Waals surface area contributed by atoms with E-state index in [-0.39, 0.29) is 5.41 Å². The molecule has 1 amide bonds. The Kier molecular flexibility index (Phi) is 2.20. The lowest BCUT2D eigenvalue weighted by molar-refractivity contribution is -0.131. The summed E-state index contributed by atoms with van der Waals surface area (Å²) in [7, 11) is 2.13. The third-order valence-electron chi connectivity index (χ3n) is 4.83. The summed E-state index contributed by atoms with van der Waals surface area (Å²) in [6.45, 7) is 2.75. The average Bonchev–Trinajstić information content (AvgIpc) is 3.14. The highest BCUT2D eigenvalue weighted by atomic mass is 16.2. The van der Waals surface area contributed by atoms with E-state index in [9.17, 15) is 4.79 Å². The molecule has 4 heteroatoms. The van der Waals surface area contributed by atoms with Crippen LogP contribution in [0.15, 0.2) is 18.3 Å². The summed E-state index contributed by atoms with van der Waals surface area (Å²) >= 11 is 0. The summed E-state index contributed by atoms with van der Waals surface area (Å²) < 4.78 is 0. The quantitative estimate of drug-likeness (QED) is 0.763. The second-order valence-electron chi connectivity index (χ2n) is 6.29. The van der Waals surface area contributed by atoms with Crippen molar-refractivity contribution in [2.24, 2.45) is 5.92 Å². The Balaban J connectivity index is 1.64. The van der Waals surface area contributed by atoms with Crippen LogP contribution in [-0.4, -0.2) is 42.5 Å². The van der Waals surface area contributed by atoms with Gasteiger partial charge in [0.2, 0.25) is 5.91 Å². The molecule has 100 valence electrons. The predicted octanol–water partition coefficient (Wildman–Crippen LogP) is 1.41. The fourth-order valence-corrected chi connectivity index (χ4v) is 3.70. The van der Waals surface area contributed by atoms with Crippen LogP contribution in [0, 0.1) is 5.92 Å². The third kappa shape index (κ3) is 1.58. The van der Waals surface area contributed by atoms with Crippen LogP contribution < -0.4 is 4.90 Å². The van der Waals surface area contributed by atoms with Crippen LogP contribution in [0.25, 0.3) is 0 Å². The third-order valence-corrected chi connectivity index (χ3v) is 4.83. The van der Waals surface area contributed by atoms with Crippen molar-refractivity contribution in [2.45, 2.75) is 24.7 Å². The van der Waals surface area contributed by atoms with E-state index in [0.29, 0.717) is 11.8 Å². The number of carbonyl (C=O) groups excluding carboxylic acids is 1. The molecule has 0 N–H and O–H groups in total. The molecule has 1 aromatic rings. The molecule has 1 aromatic heterocycles. The number of likely N-dealkylation sites (N-methyl/N-ethyl adjacent to an activating group) is 1. The summed E-state index contributed by atoms with van der Waals surface area (Å²) in [6, 6.07) is 4.14. The normalized spacial score (nSPS) is 29.1. The fraction of sp³-hybridized carbons (Fsp3) is 0.600. The Labute approximate surface area is 113 Å². The number of pyridine rings is 1. The van der Waals surface area contributed by atoms with Gasteiger partial charge in [-0.3, -0.25) is 9.78 Å². The molecule has 4 nitrogen and oxygen atoms in total. The van der Waals surface area contributed by atoms with Crippen molar-refractivity contribution in [3.8, 4) is 0 Å².